The molecule has 1 amide bonds. The van der Waals surface area contributed by atoms with Gasteiger partial charge in [-0.1, -0.05) is 29.5 Å². The molecule has 0 radical (unpaired) electrons. The first-order chi connectivity index (χ1) is 22.0. The number of ether oxygens (including phenoxy) is 1. The van der Waals surface area contributed by atoms with Crippen molar-refractivity contribution in [3.05, 3.63) is 47.5 Å². The molecule has 2 aromatic carbocycles. The average Bonchev–Trinajstić information content (AvgIpc) is 3.69. The lowest BCUT2D eigenvalue weighted by atomic mass is 9.95. The van der Waals surface area contributed by atoms with E-state index in [2.05, 4.69) is 21.4 Å². The molecular formula is C32H33ClF3N7O2S. The number of aromatic nitrogens is 3. The van der Waals surface area contributed by atoms with Crippen LogP contribution in [0.4, 0.5) is 24.1 Å². The number of carbonyl (C=O) groups excluding carboxylic acids is 1. The Kier molecular flexibility index (Phi) is 7.76. The van der Waals surface area contributed by atoms with Gasteiger partial charge in [-0.2, -0.15) is 9.97 Å². The van der Waals surface area contributed by atoms with E-state index in [1.807, 2.05) is 18.7 Å². The van der Waals surface area contributed by atoms with Gasteiger partial charge in [-0.3, -0.25) is 9.69 Å². The zero-order valence-electron chi connectivity index (χ0n) is 25.4. The second-order valence-corrected chi connectivity index (χ2v) is 13.9. The van der Waals surface area contributed by atoms with Gasteiger partial charge in [-0.25, -0.2) is 18.2 Å². The quantitative estimate of drug-likeness (QED) is 0.250. The van der Waals surface area contributed by atoms with Crippen LogP contribution in [0.5, 0.6) is 6.01 Å². The van der Waals surface area contributed by atoms with Crippen molar-refractivity contribution in [1.29, 1.82) is 0 Å². The van der Waals surface area contributed by atoms with E-state index in [4.69, 9.17) is 27.1 Å². The lowest BCUT2D eigenvalue weighted by Gasteiger charge is -2.44. The van der Waals surface area contributed by atoms with E-state index in [-0.39, 0.29) is 67.6 Å². The molecule has 0 unspecified atom stereocenters. The second-order valence-electron chi connectivity index (χ2n) is 12.5. The molecule has 3 aliphatic rings. The third-order valence-corrected chi connectivity index (χ3v) is 10.8. The molecule has 5 heterocycles. The summed E-state index contributed by atoms with van der Waals surface area (Å²) in [5, 5.41) is 0.547. The minimum Gasteiger partial charge on any atom is -0.461 e. The number of fused-ring (bicyclic) bond motifs is 3. The number of anilines is 2. The van der Waals surface area contributed by atoms with Gasteiger partial charge in [0.2, 0.25) is 5.91 Å². The van der Waals surface area contributed by atoms with Crippen LogP contribution in [-0.2, 0) is 4.79 Å². The lowest BCUT2D eigenvalue weighted by molar-refractivity contribution is -0.128. The van der Waals surface area contributed by atoms with Gasteiger partial charge in [0, 0.05) is 54.7 Å². The van der Waals surface area contributed by atoms with Gasteiger partial charge in [-0.05, 0) is 57.5 Å². The Balaban J connectivity index is 1.37. The number of rotatable bonds is 6. The number of nitrogens with two attached hydrogens (primary N) is 1. The van der Waals surface area contributed by atoms with Crippen LogP contribution in [0.25, 0.3) is 32.2 Å². The maximum absolute atomic E-state index is 16.9. The fourth-order valence-electron chi connectivity index (χ4n) is 7.38. The van der Waals surface area contributed by atoms with Crippen LogP contribution in [0.1, 0.15) is 33.1 Å². The molecule has 3 saturated heterocycles. The van der Waals surface area contributed by atoms with Crippen LogP contribution in [-0.4, -0.2) is 87.2 Å². The molecule has 46 heavy (non-hydrogen) atoms. The molecule has 0 spiro atoms. The number of hydrogen-bond acceptors (Lipinski definition) is 9. The summed E-state index contributed by atoms with van der Waals surface area (Å²) < 4.78 is 52.4. The number of benzene rings is 2. The minimum absolute atomic E-state index is 0.000456. The number of thiazole rings is 1. The highest BCUT2D eigenvalue weighted by molar-refractivity contribution is 7.22. The predicted octanol–water partition coefficient (Wildman–Crippen LogP) is 5.99. The smallest absolute Gasteiger partial charge is 0.319 e. The Hall–Kier alpha value is -3.68. The number of hydrogen-bond donors (Lipinski definition) is 1. The molecule has 242 valence electrons. The fraction of sp³-hybridized carbons (Fsp3) is 0.438. The van der Waals surface area contributed by atoms with Crippen molar-refractivity contribution in [1.82, 2.24) is 24.8 Å². The molecule has 3 aliphatic heterocycles. The maximum atomic E-state index is 16.9. The van der Waals surface area contributed by atoms with E-state index in [1.165, 1.54) is 18.2 Å². The summed E-state index contributed by atoms with van der Waals surface area (Å²) >= 11 is 7.78. The van der Waals surface area contributed by atoms with Crippen LogP contribution in [0.3, 0.4) is 0 Å². The summed E-state index contributed by atoms with van der Waals surface area (Å²) in [6.07, 6.45) is 2.43. The highest BCUT2D eigenvalue weighted by atomic mass is 35.5. The summed E-state index contributed by atoms with van der Waals surface area (Å²) in [6, 6.07) is 3.78. The van der Waals surface area contributed by atoms with Gasteiger partial charge < -0.3 is 20.3 Å². The van der Waals surface area contributed by atoms with Crippen LogP contribution >= 0.6 is 22.9 Å². The minimum atomic E-state index is -0.941. The van der Waals surface area contributed by atoms with Crippen molar-refractivity contribution in [2.45, 2.75) is 56.9 Å². The number of amides is 1. The summed E-state index contributed by atoms with van der Waals surface area (Å²) in [5.41, 5.74) is 5.86. The molecule has 9 nitrogen and oxygen atoms in total. The zero-order valence-corrected chi connectivity index (χ0v) is 27.0. The predicted molar refractivity (Wildman–Crippen MR) is 174 cm³/mol. The monoisotopic (exact) mass is 671 g/mol. The molecule has 0 bridgehead atoms. The summed E-state index contributed by atoms with van der Waals surface area (Å²) in [6.45, 7) is 9.59. The standard InChI is InChI=1S/C32H33ClF3N7O2S/c1-4-23(44)42-12-17(3)43(13-16(42)2)29-20-10-21(33)24(19-6-7-22(35)28-27(19)38-30(37)46-28)25(36)26(20)39-31(40-29)45-15-32-8-5-9-41(32)14-18(34)11-32/h4,6-7,10,16-18H,1,5,8-9,11-15H2,2-3H3,(H2,37,38)/t16-,17+,18-,32+/m1/s1. The molecule has 2 aromatic heterocycles. The maximum Gasteiger partial charge on any atom is 0.319 e. The highest BCUT2D eigenvalue weighted by Gasteiger charge is 2.49. The number of alkyl halides is 1. The Labute approximate surface area is 272 Å². The third kappa shape index (κ3) is 5.03. The van der Waals surface area contributed by atoms with Crippen LogP contribution in [0.15, 0.2) is 30.9 Å². The molecule has 0 aliphatic carbocycles. The number of nitrogens with zero attached hydrogens (tertiary/aromatic N) is 6. The summed E-state index contributed by atoms with van der Waals surface area (Å²) in [5.74, 6) is -1.05. The van der Waals surface area contributed by atoms with Crippen molar-refractivity contribution >= 4 is 60.9 Å². The van der Waals surface area contributed by atoms with Gasteiger partial charge in [-0.15, -0.1) is 0 Å². The Bertz CT molecular complexity index is 1890. The third-order valence-electron chi connectivity index (χ3n) is 9.57. The molecule has 14 heteroatoms. The fourth-order valence-corrected chi connectivity index (χ4v) is 8.44. The number of piperazine rings is 1. The van der Waals surface area contributed by atoms with Gasteiger partial charge >= 0.3 is 6.01 Å². The van der Waals surface area contributed by atoms with Gasteiger partial charge in [0.1, 0.15) is 29.9 Å². The first kappa shape index (κ1) is 30.9. The van der Waals surface area contributed by atoms with E-state index >= 15 is 4.39 Å². The number of nitrogen functional groups attached to an aromatic ring is 1. The van der Waals surface area contributed by atoms with E-state index in [0.29, 0.717) is 37.3 Å². The van der Waals surface area contributed by atoms with Crippen LogP contribution < -0.4 is 15.4 Å². The number of halogens is 4. The average molecular weight is 672 g/mol. The first-order valence-corrected chi connectivity index (χ1v) is 16.5. The first-order valence-electron chi connectivity index (χ1n) is 15.3. The molecular weight excluding hydrogens is 639 g/mol. The summed E-state index contributed by atoms with van der Waals surface area (Å²) in [7, 11) is 0. The highest BCUT2D eigenvalue weighted by Crippen LogP contribution is 2.44. The largest absolute Gasteiger partial charge is 0.461 e. The second kappa shape index (κ2) is 11.5. The molecule has 3 fully saturated rings. The Morgan fingerprint density at radius 1 is 1.20 bits per heavy atom. The van der Waals surface area contributed by atoms with Gasteiger partial charge in [0.05, 0.1) is 20.8 Å². The van der Waals surface area contributed by atoms with Gasteiger partial charge in [0.15, 0.2) is 10.9 Å². The van der Waals surface area contributed by atoms with Crippen molar-refractivity contribution < 1.29 is 22.7 Å². The lowest BCUT2D eigenvalue weighted by Crippen LogP contribution is -2.58. The van der Waals surface area contributed by atoms with Crippen molar-refractivity contribution in [3.8, 4) is 17.1 Å². The van der Waals surface area contributed by atoms with Crippen molar-refractivity contribution in [3.63, 3.8) is 0 Å². The molecule has 4 atom stereocenters. The van der Waals surface area contributed by atoms with Crippen molar-refractivity contribution in [2.24, 2.45) is 0 Å². The van der Waals surface area contributed by atoms with E-state index in [9.17, 15) is 13.6 Å². The zero-order chi connectivity index (χ0) is 32.5. The van der Waals surface area contributed by atoms with Crippen molar-refractivity contribution in [2.75, 3.05) is 43.4 Å². The van der Waals surface area contributed by atoms with E-state index < -0.39 is 23.3 Å². The van der Waals surface area contributed by atoms with Crippen LogP contribution in [0, 0.1) is 11.6 Å². The molecule has 4 aromatic rings. The SMILES string of the molecule is C=CC(=O)N1C[C@H](C)N(c2nc(OC[C@@]34CCCN3C[C@H](F)C4)nc3c(F)c(-c4ccc(F)c5sc(N)nc45)c(Cl)cc23)C[C@H]1C. The molecule has 2 N–H and O–H groups in total. The number of carbonyl (C=O) groups is 1. The normalized spacial score (nSPS) is 25.0. The van der Waals surface area contributed by atoms with Gasteiger partial charge in [0.25, 0.3) is 0 Å². The Morgan fingerprint density at radius 2 is 2.00 bits per heavy atom. The summed E-state index contributed by atoms with van der Waals surface area (Å²) in [4.78, 5) is 32.0. The molecule has 0 saturated carbocycles. The topological polar surface area (TPSA) is 101 Å². The Morgan fingerprint density at radius 3 is 2.78 bits per heavy atom. The van der Waals surface area contributed by atoms with E-state index in [1.54, 1.807) is 11.0 Å². The van der Waals surface area contributed by atoms with Crippen LogP contribution in [0.2, 0.25) is 5.02 Å². The van der Waals surface area contributed by atoms with E-state index in [0.717, 1.165) is 30.7 Å². The molecule has 7 rings (SSSR count).